The van der Waals surface area contributed by atoms with Crippen LogP contribution in [0.5, 0.6) is 0 Å². The average molecular weight is 214 g/mol. The van der Waals surface area contributed by atoms with Crippen LogP contribution in [0.2, 0.25) is 0 Å². The van der Waals surface area contributed by atoms with Crippen LogP contribution in [0.3, 0.4) is 0 Å². The maximum atomic E-state index is 5.52. The summed E-state index contributed by atoms with van der Waals surface area (Å²) in [6.07, 6.45) is 4.89. The van der Waals surface area contributed by atoms with Crippen LogP contribution in [-0.4, -0.2) is 10.7 Å². The van der Waals surface area contributed by atoms with Crippen molar-refractivity contribution in [3.8, 4) is 0 Å². The van der Waals surface area contributed by atoms with E-state index in [1.54, 1.807) is 0 Å². The van der Waals surface area contributed by atoms with Crippen molar-refractivity contribution in [1.29, 1.82) is 0 Å². The highest BCUT2D eigenvalue weighted by atomic mass is 79.9. The minimum atomic E-state index is 0.696. The predicted octanol–water partition coefficient (Wildman–Crippen LogP) is 3.57. The zero-order valence-corrected chi connectivity index (χ0v) is 8.21. The first kappa shape index (κ1) is 9.77. The molecule has 0 aromatic rings. The molecule has 0 aromatic heterocycles. The van der Waals surface area contributed by atoms with Crippen molar-refractivity contribution >= 4 is 27.5 Å². The van der Waals surface area contributed by atoms with Crippen LogP contribution in [0.15, 0.2) is 0 Å². The van der Waals surface area contributed by atoms with E-state index in [1.807, 2.05) is 0 Å². The predicted molar refractivity (Wildman–Crippen MR) is 47.6 cm³/mol. The van der Waals surface area contributed by atoms with Gasteiger partial charge in [-0.3, -0.25) is 0 Å². The molecule has 0 amide bonds. The summed E-state index contributed by atoms with van der Waals surface area (Å²) in [7, 11) is 0. The molecule has 0 rings (SSSR count). The third-order valence-corrected chi connectivity index (χ3v) is 2.44. The molecule has 2 heteroatoms. The molecule has 0 N–H and O–H groups in total. The highest BCUT2D eigenvalue weighted by molar-refractivity contribution is 9.09. The van der Waals surface area contributed by atoms with Gasteiger partial charge in [0.15, 0.2) is 0 Å². The molecule has 1 atom stereocenters. The Kier molecular flexibility index (Phi) is 7.47. The van der Waals surface area contributed by atoms with Crippen molar-refractivity contribution < 1.29 is 0 Å². The average Bonchev–Trinajstić information content (AvgIpc) is 1.85. The molecular formula is C7H14BrCl. The summed E-state index contributed by atoms with van der Waals surface area (Å²) in [5.74, 6) is 0.797. The highest BCUT2D eigenvalue weighted by Crippen LogP contribution is 2.13. The summed E-state index contributed by atoms with van der Waals surface area (Å²) in [5.41, 5.74) is 0. The van der Waals surface area contributed by atoms with Gasteiger partial charge < -0.3 is 0 Å². The Balaban J connectivity index is 2.95. The van der Waals surface area contributed by atoms with Crippen LogP contribution in [0.1, 0.15) is 32.6 Å². The molecule has 0 fully saturated rings. The fourth-order valence-electron chi connectivity index (χ4n) is 0.756. The zero-order valence-electron chi connectivity index (χ0n) is 5.87. The minimum Gasteiger partial charge on any atom is -0.127 e. The largest absolute Gasteiger partial charge is 0.127 e. The van der Waals surface area contributed by atoms with E-state index in [0.717, 1.165) is 12.3 Å². The van der Waals surface area contributed by atoms with Gasteiger partial charge in [-0.15, -0.1) is 11.6 Å². The standard InChI is InChI=1S/C7H14BrCl/c1-2-4-7(8)5-3-6-9/h7H,2-6H2,1H3. The van der Waals surface area contributed by atoms with E-state index in [9.17, 15) is 0 Å². The second-order valence-electron chi connectivity index (χ2n) is 2.22. The van der Waals surface area contributed by atoms with Crippen LogP contribution in [-0.2, 0) is 0 Å². The van der Waals surface area contributed by atoms with Crippen molar-refractivity contribution in [2.24, 2.45) is 0 Å². The van der Waals surface area contributed by atoms with Crippen LogP contribution in [0, 0.1) is 0 Å². The maximum absolute atomic E-state index is 5.52. The maximum Gasteiger partial charge on any atom is 0.0223 e. The van der Waals surface area contributed by atoms with Gasteiger partial charge in [-0.2, -0.15) is 0 Å². The van der Waals surface area contributed by atoms with Crippen molar-refractivity contribution in [3.05, 3.63) is 0 Å². The molecule has 0 saturated heterocycles. The highest BCUT2D eigenvalue weighted by Gasteiger charge is 1.99. The smallest absolute Gasteiger partial charge is 0.0223 e. The van der Waals surface area contributed by atoms with Gasteiger partial charge in [-0.05, 0) is 19.3 Å². The third kappa shape index (κ3) is 6.66. The van der Waals surface area contributed by atoms with Gasteiger partial charge >= 0.3 is 0 Å². The Morgan fingerprint density at radius 2 is 2.11 bits per heavy atom. The Labute approximate surface area is 71.1 Å². The second kappa shape index (κ2) is 6.88. The first-order valence-electron chi connectivity index (χ1n) is 3.51. The fourth-order valence-corrected chi connectivity index (χ4v) is 1.69. The van der Waals surface area contributed by atoms with E-state index >= 15 is 0 Å². The van der Waals surface area contributed by atoms with Crippen LogP contribution < -0.4 is 0 Å². The number of rotatable bonds is 5. The van der Waals surface area contributed by atoms with Gasteiger partial charge in [0.2, 0.25) is 0 Å². The first-order chi connectivity index (χ1) is 4.31. The summed E-state index contributed by atoms with van der Waals surface area (Å²) >= 11 is 9.11. The lowest BCUT2D eigenvalue weighted by molar-refractivity contribution is 0.684. The second-order valence-corrected chi connectivity index (χ2v) is 3.89. The zero-order chi connectivity index (χ0) is 7.11. The quantitative estimate of drug-likeness (QED) is 0.613. The Morgan fingerprint density at radius 1 is 1.44 bits per heavy atom. The first-order valence-corrected chi connectivity index (χ1v) is 4.96. The molecule has 0 radical (unpaired) electrons. The van der Waals surface area contributed by atoms with Crippen molar-refractivity contribution in [2.45, 2.75) is 37.4 Å². The van der Waals surface area contributed by atoms with E-state index in [2.05, 4.69) is 22.9 Å². The van der Waals surface area contributed by atoms with Crippen molar-refractivity contribution in [2.75, 3.05) is 5.88 Å². The third-order valence-electron chi connectivity index (χ3n) is 1.25. The topological polar surface area (TPSA) is 0 Å². The molecule has 1 unspecified atom stereocenters. The summed E-state index contributed by atoms with van der Waals surface area (Å²) in [6.45, 7) is 2.20. The summed E-state index contributed by atoms with van der Waals surface area (Å²) in [5, 5.41) is 0. The van der Waals surface area contributed by atoms with Gasteiger partial charge in [0.1, 0.15) is 0 Å². The molecule has 9 heavy (non-hydrogen) atoms. The summed E-state index contributed by atoms with van der Waals surface area (Å²) < 4.78 is 0. The lowest BCUT2D eigenvalue weighted by atomic mass is 10.2. The Morgan fingerprint density at radius 3 is 2.56 bits per heavy atom. The van der Waals surface area contributed by atoms with Gasteiger partial charge in [-0.25, -0.2) is 0 Å². The molecule has 56 valence electrons. The number of alkyl halides is 2. The molecule has 0 heterocycles. The Bertz CT molecular complexity index is 56.9. The lowest BCUT2D eigenvalue weighted by Crippen LogP contribution is -1.96. The van der Waals surface area contributed by atoms with Crippen LogP contribution in [0.4, 0.5) is 0 Å². The molecule has 0 aliphatic heterocycles. The van der Waals surface area contributed by atoms with Crippen molar-refractivity contribution in [3.63, 3.8) is 0 Å². The van der Waals surface area contributed by atoms with Crippen molar-refractivity contribution in [1.82, 2.24) is 0 Å². The summed E-state index contributed by atoms with van der Waals surface area (Å²) in [6, 6.07) is 0. The monoisotopic (exact) mass is 212 g/mol. The normalized spacial score (nSPS) is 13.7. The van der Waals surface area contributed by atoms with E-state index in [-0.39, 0.29) is 0 Å². The van der Waals surface area contributed by atoms with E-state index in [0.29, 0.717) is 4.83 Å². The van der Waals surface area contributed by atoms with Crippen LogP contribution >= 0.6 is 27.5 Å². The molecule has 0 aliphatic carbocycles. The van der Waals surface area contributed by atoms with E-state index < -0.39 is 0 Å². The molecule has 0 saturated carbocycles. The molecular weight excluding hydrogens is 199 g/mol. The molecule has 0 spiro atoms. The van der Waals surface area contributed by atoms with Gasteiger partial charge in [0.05, 0.1) is 0 Å². The number of halogens is 2. The molecule has 0 aromatic carbocycles. The van der Waals surface area contributed by atoms with E-state index in [4.69, 9.17) is 11.6 Å². The molecule has 0 bridgehead atoms. The summed E-state index contributed by atoms with van der Waals surface area (Å²) in [4.78, 5) is 0.696. The van der Waals surface area contributed by atoms with Gasteiger partial charge in [0.25, 0.3) is 0 Å². The molecule has 0 aliphatic rings. The van der Waals surface area contributed by atoms with E-state index in [1.165, 1.54) is 19.3 Å². The van der Waals surface area contributed by atoms with Crippen LogP contribution in [0.25, 0.3) is 0 Å². The lowest BCUT2D eigenvalue weighted by Gasteiger charge is -2.04. The Hall–Kier alpha value is 0.770. The molecule has 0 nitrogen and oxygen atoms in total. The van der Waals surface area contributed by atoms with Gasteiger partial charge in [0, 0.05) is 10.7 Å². The number of hydrogen-bond acceptors (Lipinski definition) is 0. The SMILES string of the molecule is CCCC(Br)CCCCl. The number of hydrogen-bond donors (Lipinski definition) is 0. The fraction of sp³-hybridized carbons (Fsp3) is 1.00. The van der Waals surface area contributed by atoms with Gasteiger partial charge in [-0.1, -0.05) is 29.3 Å². The minimum absolute atomic E-state index is 0.696.